The third-order valence-electron chi connectivity index (χ3n) is 10.1. The number of rotatable bonds is 11. The predicted octanol–water partition coefficient (Wildman–Crippen LogP) is 10.5. The highest BCUT2D eigenvalue weighted by Gasteiger charge is 2.41. The summed E-state index contributed by atoms with van der Waals surface area (Å²) in [6.07, 6.45) is -13.7. The first-order valence-corrected chi connectivity index (χ1v) is 21.8. The van der Waals surface area contributed by atoms with Gasteiger partial charge in [-0.3, -0.25) is 4.79 Å². The number of alkyl halides is 12. The van der Waals surface area contributed by atoms with E-state index in [1.165, 1.54) is 24.3 Å². The molecule has 0 radical (unpaired) electrons. The summed E-state index contributed by atoms with van der Waals surface area (Å²) in [6.45, 7) is 1.72. The van der Waals surface area contributed by atoms with Crippen molar-refractivity contribution in [3.05, 3.63) is 141 Å². The van der Waals surface area contributed by atoms with E-state index in [9.17, 15) is 79.1 Å². The van der Waals surface area contributed by atoms with Gasteiger partial charge >= 0.3 is 30.7 Å². The number of hydrogen-bond donors (Lipinski definition) is 3. The number of carboxylic acid groups (broad SMARTS) is 1. The summed E-state index contributed by atoms with van der Waals surface area (Å²) in [5.74, 6) is -1.23. The van der Waals surface area contributed by atoms with Gasteiger partial charge in [0.25, 0.3) is 0 Å². The molecule has 0 fully saturated rings. The highest BCUT2D eigenvalue weighted by molar-refractivity contribution is 7.89. The lowest BCUT2D eigenvalue weighted by atomic mass is 10.0. The molecule has 3 N–H and O–H groups in total. The van der Waals surface area contributed by atoms with Crippen molar-refractivity contribution in [2.24, 2.45) is 0 Å². The largest absolute Gasteiger partial charge is 0.478 e. The third-order valence-corrected chi connectivity index (χ3v) is 13.0. The number of benzene rings is 4. The highest BCUT2D eigenvalue weighted by Crippen LogP contribution is 2.41. The number of carboxylic acids is 1. The van der Waals surface area contributed by atoms with Crippen molar-refractivity contribution < 1.29 is 84.2 Å². The third kappa shape index (κ3) is 12.9. The Morgan fingerprint density at radius 2 is 0.908 bits per heavy atom. The second kappa shape index (κ2) is 18.8. The molecule has 4 aromatic rings. The van der Waals surface area contributed by atoms with Crippen LogP contribution in [0.4, 0.5) is 52.7 Å². The normalized spacial score (nSPS) is 16.9. The molecular formula is C42H34F12N2O7S2. The first-order valence-electron chi connectivity index (χ1n) is 18.9. The first-order chi connectivity index (χ1) is 29.9. The van der Waals surface area contributed by atoms with Gasteiger partial charge in [0.05, 0.1) is 32.0 Å². The van der Waals surface area contributed by atoms with Gasteiger partial charge in [0.2, 0.25) is 20.0 Å². The predicted molar refractivity (Wildman–Crippen MR) is 210 cm³/mol. The molecule has 0 amide bonds. The van der Waals surface area contributed by atoms with E-state index in [1.807, 2.05) is 0 Å². The Morgan fingerprint density at radius 3 is 1.22 bits per heavy atom. The van der Waals surface area contributed by atoms with Crippen LogP contribution in [-0.2, 0) is 67.2 Å². The highest BCUT2D eigenvalue weighted by atomic mass is 32.2. The molecule has 6 rings (SSSR count). The first kappa shape index (κ1) is 50.5. The maximum Gasteiger partial charge on any atom is 0.416 e. The molecule has 0 spiro atoms. The number of hydrogen-bond acceptors (Lipinski definition) is 6. The minimum atomic E-state index is -5.18. The average Bonchev–Trinajstić information content (AvgIpc) is 3.79. The second-order valence-corrected chi connectivity index (χ2v) is 18.1. The fraction of sp³-hybridized carbons (Fsp3) is 0.286. The van der Waals surface area contributed by atoms with Crippen LogP contribution in [0.1, 0.15) is 93.9 Å². The molecular weight excluding hydrogens is 937 g/mol. The van der Waals surface area contributed by atoms with Crippen LogP contribution in [0.3, 0.4) is 0 Å². The van der Waals surface area contributed by atoms with Gasteiger partial charge in [-0.1, -0.05) is 49.4 Å². The summed E-state index contributed by atoms with van der Waals surface area (Å²) < 4.78 is 212. The SMILES string of the molecule is CCC(=O)/C=C/c1ccc2c(c1)CCC2NS(=O)(=O)c1cc(C(F)(F)F)cc(C(F)(F)F)c1.O=C(O)/C=C/c1ccc2c(c1)CCC2NS(=O)(=O)c1cc(C(F)(F)F)cc(C(F)(F)F)c1. The smallest absolute Gasteiger partial charge is 0.416 e. The van der Waals surface area contributed by atoms with Crippen LogP contribution in [0.25, 0.3) is 12.2 Å². The molecule has 0 bridgehead atoms. The van der Waals surface area contributed by atoms with Crippen LogP contribution in [0, 0.1) is 0 Å². The molecule has 65 heavy (non-hydrogen) atoms. The minimum absolute atomic E-state index is 0.0690. The molecule has 2 atom stereocenters. The van der Waals surface area contributed by atoms with Crippen molar-refractivity contribution in [2.45, 2.75) is 85.6 Å². The van der Waals surface area contributed by atoms with Gasteiger partial charge in [-0.25, -0.2) is 31.1 Å². The zero-order valence-corrected chi connectivity index (χ0v) is 34.8. The Morgan fingerprint density at radius 1 is 0.569 bits per heavy atom. The number of carbonyl (C=O) groups excluding carboxylic acids is 1. The van der Waals surface area contributed by atoms with E-state index in [-0.39, 0.29) is 55.0 Å². The summed E-state index contributed by atoms with van der Waals surface area (Å²) in [5.41, 5.74) is -3.08. The quantitative estimate of drug-likeness (QED) is 0.100. The maximum atomic E-state index is 13.1. The van der Waals surface area contributed by atoms with Crippen LogP contribution in [0.15, 0.2) is 94.7 Å². The average molecular weight is 971 g/mol. The number of ketones is 1. The van der Waals surface area contributed by atoms with E-state index in [2.05, 4.69) is 9.44 Å². The Labute approximate surface area is 363 Å². The van der Waals surface area contributed by atoms with E-state index < -0.39 is 94.8 Å². The number of aryl methyl sites for hydroxylation is 2. The second-order valence-electron chi connectivity index (χ2n) is 14.6. The number of aliphatic carboxylic acids is 1. The fourth-order valence-electron chi connectivity index (χ4n) is 6.88. The van der Waals surface area contributed by atoms with E-state index >= 15 is 0 Å². The minimum Gasteiger partial charge on any atom is -0.478 e. The van der Waals surface area contributed by atoms with E-state index in [4.69, 9.17) is 5.11 Å². The Bertz CT molecular complexity index is 2700. The maximum absolute atomic E-state index is 13.1. The summed E-state index contributed by atoms with van der Waals surface area (Å²) in [5, 5.41) is 8.68. The number of carbonyl (C=O) groups is 2. The Hall–Kier alpha value is -5.52. The van der Waals surface area contributed by atoms with Crippen molar-refractivity contribution >= 4 is 44.0 Å². The van der Waals surface area contributed by atoms with Gasteiger partial charge in [0, 0.05) is 24.6 Å². The molecule has 0 heterocycles. The molecule has 350 valence electrons. The number of fused-ring (bicyclic) bond motifs is 2. The van der Waals surface area contributed by atoms with Gasteiger partial charge < -0.3 is 5.11 Å². The number of allylic oxidation sites excluding steroid dienone is 1. The molecule has 4 aromatic carbocycles. The van der Waals surface area contributed by atoms with Gasteiger partial charge in [0.15, 0.2) is 5.78 Å². The van der Waals surface area contributed by atoms with Gasteiger partial charge in [0.1, 0.15) is 0 Å². The van der Waals surface area contributed by atoms with Crippen molar-refractivity contribution in [2.75, 3.05) is 0 Å². The molecule has 0 saturated heterocycles. The summed E-state index contributed by atoms with van der Waals surface area (Å²) in [7, 11) is -9.42. The van der Waals surface area contributed by atoms with Crippen LogP contribution >= 0.6 is 0 Å². The Balaban J connectivity index is 0.000000244. The fourth-order valence-corrected chi connectivity index (χ4v) is 9.51. The van der Waals surface area contributed by atoms with E-state index in [0.717, 1.165) is 11.6 Å². The standard InChI is InChI=1S/C22H19F6NO3S.C20H15F6NO4S/c1-2-17(30)6-3-13-4-7-19-14(9-13)5-8-20(19)29-33(31,32)18-11-15(21(23,24)25)10-16(12-18)22(26,27)28;21-19(22,23)13-8-14(20(24,25)26)10-15(9-13)32(30,31)27-17-5-3-12-7-11(1-4-16(12)17)2-6-18(28)29/h3-4,6-7,9-12,20,29H,2,5,8H2,1H3;1-2,4,6-10,17,27H,3,5H2,(H,28,29)/b6-3+;6-2+. The molecule has 2 aliphatic rings. The molecule has 2 aliphatic carbocycles. The van der Waals surface area contributed by atoms with Gasteiger partial charge in [-0.05, 0) is 108 Å². The number of nitrogens with one attached hydrogen (secondary N) is 2. The lowest BCUT2D eigenvalue weighted by molar-refractivity contribution is -0.145. The van der Waals surface area contributed by atoms with Crippen LogP contribution in [0.2, 0.25) is 0 Å². The van der Waals surface area contributed by atoms with Gasteiger partial charge in [-0.15, -0.1) is 0 Å². The lowest BCUT2D eigenvalue weighted by Crippen LogP contribution is -2.28. The molecule has 0 aromatic heterocycles. The molecule has 2 unspecified atom stereocenters. The van der Waals surface area contributed by atoms with Crippen LogP contribution in [-0.4, -0.2) is 33.7 Å². The van der Waals surface area contributed by atoms with Crippen LogP contribution < -0.4 is 9.44 Å². The summed E-state index contributed by atoms with van der Waals surface area (Å²) >= 11 is 0. The summed E-state index contributed by atoms with van der Waals surface area (Å²) in [6, 6.07) is 8.47. The zero-order chi connectivity index (χ0) is 48.5. The molecule has 0 aliphatic heterocycles. The van der Waals surface area contributed by atoms with Gasteiger partial charge in [-0.2, -0.15) is 52.7 Å². The zero-order valence-electron chi connectivity index (χ0n) is 33.2. The molecule has 9 nitrogen and oxygen atoms in total. The Kier molecular flexibility index (Phi) is 14.6. The van der Waals surface area contributed by atoms with E-state index in [1.54, 1.807) is 37.3 Å². The monoisotopic (exact) mass is 970 g/mol. The van der Waals surface area contributed by atoms with Crippen molar-refractivity contribution in [1.29, 1.82) is 0 Å². The topological polar surface area (TPSA) is 147 Å². The number of sulfonamides is 2. The number of halogens is 12. The van der Waals surface area contributed by atoms with Crippen molar-refractivity contribution in [3.8, 4) is 0 Å². The molecule has 0 saturated carbocycles. The van der Waals surface area contributed by atoms with Crippen molar-refractivity contribution in [1.82, 2.24) is 9.44 Å². The van der Waals surface area contributed by atoms with Crippen LogP contribution in [0.5, 0.6) is 0 Å². The van der Waals surface area contributed by atoms with Crippen molar-refractivity contribution in [3.63, 3.8) is 0 Å². The lowest BCUT2D eigenvalue weighted by Gasteiger charge is -2.17. The van der Waals surface area contributed by atoms with E-state index in [0.29, 0.717) is 47.1 Å². The summed E-state index contributed by atoms with van der Waals surface area (Å²) in [4.78, 5) is 19.8. The molecule has 23 heteroatoms.